The topological polar surface area (TPSA) is 75.6 Å². The van der Waals surface area contributed by atoms with E-state index < -0.39 is 18.2 Å². The monoisotopic (exact) mass is 345 g/mol. The van der Waals surface area contributed by atoms with Gasteiger partial charge in [0.1, 0.15) is 11.6 Å². The van der Waals surface area contributed by atoms with Crippen LogP contribution in [0.5, 0.6) is 5.75 Å². The lowest BCUT2D eigenvalue weighted by Crippen LogP contribution is -2.13. The number of nitrogens with one attached hydrogen (secondary N) is 1. The van der Waals surface area contributed by atoms with Crippen molar-refractivity contribution in [3.05, 3.63) is 59.4 Å². The van der Waals surface area contributed by atoms with Crippen molar-refractivity contribution < 1.29 is 23.8 Å². The van der Waals surface area contributed by atoms with Gasteiger partial charge < -0.3 is 15.2 Å². The first kappa shape index (κ1) is 18.4. The lowest BCUT2D eigenvalue weighted by Gasteiger charge is -2.08. The van der Waals surface area contributed by atoms with Crippen molar-refractivity contribution in [1.29, 1.82) is 0 Å². The molecule has 25 heavy (non-hydrogen) atoms. The summed E-state index contributed by atoms with van der Waals surface area (Å²) in [6.07, 6.45) is 0.419. The summed E-state index contributed by atoms with van der Waals surface area (Å²) in [6, 6.07) is 11.5. The summed E-state index contributed by atoms with van der Waals surface area (Å²) in [5.41, 5.74) is 1.39. The molecular formula is C19H20FNO4. The second-order valence-corrected chi connectivity index (χ2v) is 5.50. The predicted octanol–water partition coefficient (Wildman–Crippen LogP) is 3.42. The van der Waals surface area contributed by atoms with E-state index in [-0.39, 0.29) is 17.9 Å². The third-order valence-electron chi connectivity index (χ3n) is 3.55. The van der Waals surface area contributed by atoms with Gasteiger partial charge in [-0.3, -0.25) is 9.59 Å². The maximum atomic E-state index is 13.8. The van der Waals surface area contributed by atoms with E-state index in [1.807, 2.05) is 31.2 Å². The molecule has 0 fully saturated rings. The Hall–Kier alpha value is -2.89. The van der Waals surface area contributed by atoms with Crippen LogP contribution in [0.2, 0.25) is 0 Å². The predicted molar refractivity (Wildman–Crippen MR) is 92.3 cm³/mol. The Morgan fingerprint density at radius 1 is 1.16 bits per heavy atom. The first-order valence-electron chi connectivity index (χ1n) is 7.99. The summed E-state index contributed by atoms with van der Waals surface area (Å²) in [5, 5.41) is 11.3. The van der Waals surface area contributed by atoms with Crippen molar-refractivity contribution in [2.75, 3.05) is 11.9 Å². The van der Waals surface area contributed by atoms with E-state index in [4.69, 9.17) is 9.84 Å². The number of benzene rings is 2. The summed E-state index contributed by atoms with van der Waals surface area (Å²) in [7, 11) is 0. The van der Waals surface area contributed by atoms with Crippen molar-refractivity contribution in [1.82, 2.24) is 0 Å². The van der Waals surface area contributed by atoms with Crippen LogP contribution in [0.1, 0.15) is 24.5 Å². The van der Waals surface area contributed by atoms with Gasteiger partial charge in [0.15, 0.2) is 0 Å². The molecule has 132 valence electrons. The first-order valence-corrected chi connectivity index (χ1v) is 7.99. The summed E-state index contributed by atoms with van der Waals surface area (Å²) < 4.78 is 19.1. The van der Waals surface area contributed by atoms with Gasteiger partial charge in [0.25, 0.3) is 0 Å². The Labute approximate surface area is 145 Å². The van der Waals surface area contributed by atoms with Gasteiger partial charge in [0.2, 0.25) is 5.91 Å². The molecule has 2 N–H and O–H groups in total. The molecule has 0 aliphatic carbocycles. The molecular weight excluding hydrogens is 325 g/mol. The highest BCUT2D eigenvalue weighted by Gasteiger charge is 2.09. The summed E-state index contributed by atoms with van der Waals surface area (Å²) in [6.45, 7) is 2.51. The number of amides is 1. The molecule has 5 nitrogen and oxygen atoms in total. The van der Waals surface area contributed by atoms with Crippen molar-refractivity contribution in [3.63, 3.8) is 0 Å². The minimum atomic E-state index is -1.11. The number of carboxylic acid groups (broad SMARTS) is 1. The van der Waals surface area contributed by atoms with Gasteiger partial charge in [0, 0.05) is 12.1 Å². The molecule has 2 aromatic rings. The minimum absolute atomic E-state index is 0.0832. The molecule has 0 unspecified atom stereocenters. The molecule has 0 saturated heterocycles. The fourth-order valence-electron chi connectivity index (χ4n) is 2.33. The molecule has 2 rings (SSSR count). The van der Waals surface area contributed by atoms with Crippen molar-refractivity contribution in [2.45, 2.75) is 26.2 Å². The molecule has 1 amide bonds. The number of aliphatic carboxylic acids is 1. The van der Waals surface area contributed by atoms with Crippen LogP contribution in [-0.2, 0) is 22.4 Å². The first-order chi connectivity index (χ1) is 12.0. The Morgan fingerprint density at radius 2 is 1.88 bits per heavy atom. The van der Waals surface area contributed by atoms with Crippen molar-refractivity contribution in [2.24, 2.45) is 0 Å². The van der Waals surface area contributed by atoms with Crippen molar-refractivity contribution >= 4 is 17.6 Å². The van der Waals surface area contributed by atoms with E-state index in [0.717, 1.165) is 17.4 Å². The number of carbonyl (C=O) groups is 2. The average molecular weight is 345 g/mol. The van der Waals surface area contributed by atoms with Crippen LogP contribution in [0.3, 0.4) is 0 Å². The summed E-state index contributed by atoms with van der Waals surface area (Å²) >= 11 is 0. The zero-order chi connectivity index (χ0) is 18.2. The van der Waals surface area contributed by atoms with E-state index in [1.54, 1.807) is 0 Å². The number of carbonyl (C=O) groups excluding carboxylic acids is 1. The normalized spacial score (nSPS) is 10.3. The van der Waals surface area contributed by atoms with Gasteiger partial charge in [-0.25, -0.2) is 4.39 Å². The number of carboxylic acids is 1. The molecule has 0 aliphatic heterocycles. The summed E-state index contributed by atoms with van der Waals surface area (Å²) in [4.78, 5) is 22.6. The molecule has 0 aliphatic rings. The largest absolute Gasteiger partial charge is 0.494 e. The lowest BCUT2D eigenvalue weighted by atomic mass is 10.1. The Kier molecular flexibility index (Phi) is 6.51. The molecule has 0 spiro atoms. The van der Waals surface area contributed by atoms with E-state index in [1.165, 1.54) is 12.1 Å². The molecule has 0 radical (unpaired) electrons. The number of hydrogen-bond donors (Lipinski definition) is 2. The zero-order valence-corrected chi connectivity index (χ0v) is 13.9. The maximum Gasteiger partial charge on any atom is 0.307 e. The number of halogens is 1. The van der Waals surface area contributed by atoms with Gasteiger partial charge in [-0.1, -0.05) is 18.2 Å². The Bertz CT molecular complexity index is 744. The van der Waals surface area contributed by atoms with Crippen LogP contribution in [-0.4, -0.2) is 23.6 Å². The molecule has 0 bridgehead atoms. The highest BCUT2D eigenvalue weighted by Crippen LogP contribution is 2.17. The molecule has 0 heterocycles. The summed E-state index contributed by atoms with van der Waals surface area (Å²) in [5.74, 6) is -1.20. The molecule has 0 atom stereocenters. The standard InChI is InChI=1S/C19H20FNO4/c1-2-25-16-8-3-13(4-9-16)5-10-18(22)21-15-7-6-14(11-19(23)24)17(20)12-15/h3-4,6-9,12H,2,5,10-11H2,1H3,(H,21,22)(H,23,24). The molecule has 0 saturated carbocycles. The SMILES string of the molecule is CCOc1ccc(CCC(=O)Nc2ccc(CC(=O)O)c(F)c2)cc1. The molecule has 2 aromatic carbocycles. The number of anilines is 1. The van der Waals surface area contributed by atoms with Crippen LogP contribution in [0.4, 0.5) is 10.1 Å². The lowest BCUT2D eigenvalue weighted by molar-refractivity contribution is -0.136. The van der Waals surface area contributed by atoms with E-state index in [2.05, 4.69) is 5.32 Å². The second-order valence-electron chi connectivity index (χ2n) is 5.50. The fraction of sp³-hybridized carbons (Fsp3) is 0.263. The van der Waals surface area contributed by atoms with Crippen LogP contribution in [0, 0.1) is 5.82 Å². The third-order valence-corrected chi connectivity index (χ3v) is 3.55. The van der Waals surface area contributed by atoms with Crippen LogP contribution in [0.15, 0.2) is 42.5 Å². The quantitative estimate of drug-likeness (QED) is 0.769. The number of ether oxygens (including phenoxy) is 1. The van der Waals surface area contributed by atoms with E-state index >= 15 is 0 Å². The Balaban J connectivity index is 1.87. The van der Waals surface area contributed by atoms with E-state index in [9.17, 15) is 14.0 Å². The highest BCUT2D eigenvalue weighted by molar-refractivity contribution is 5.90. The van der Waals surface area contributed by atoms with Gasteiger partial charge in [-0.15, -0.1) is 0 Å². The van der Waals surface area contributed by atoms with Crippen molar-refractivity contribution in [3.8, 4) is 5.75 Å². The maximum absolute atomic E-state index is 13.8. The number of aryl methyl sites for hydroxylation is 1. The van der Waals surface area contributed by atoms with Crippen LogP contribution < -0.4 is 10.1 Å². The highest BCUT2D eigenvalue weighted by atomic mass is 19.1. The zero-order valence-electron chi connectivity index (χ0n) is 13.9. The van der Waals surface area contributed by atoms with Gasteiger partial charge in [-0.05, 0) is 48.7 Å². The fourth-order valence-corrected chi connectivity index (χ4v) is 2.33. The van der Waals surface area contributed by atoms with E-state index in [0.29, 0.717) is 18.7 Å². The second kappa shape index (κ2) is 8.82. The van der Waals surface area contributed by atoms with Gasteiger partial charge >= 0.3 is 5.97 Å². The molecule has 0 aromatic heterocycles. The number of hydrogen-bond acceptors (Lipinski definition) is 3. The third kappa shape index (κ3) is 5.91. The van der Waals surface area contributed by atoms with Gasteiger partial charge in [0.05, 0.1) is 13.0 Å². The smallest absolute Gasteiger partial charge is 0.307 e. The van der Waals surface area contributed by atoms with Gasteiger partial charge in [-0.2, -0.15) is 0 Å². The molecule has 6 heteroatoms. The number of rotatable bonds is 8. The van der Waals surface area contributed by atoms with Crippen LogP contribution >= 0.6 is 0 Å². The minimum Gasteiger partial charge on any atom is -0.494 e. The Morgan fingerprint density at radius 3 is 2.48 bits per heavy atom. The average Bonchev–Trinajstić information content (AvgIpc) is 2.57. The van der Waals surface area contributed by atoms with Crippen LogP contribution in [0.25, 0.3) is 0 Å².